The van der Waals surface area contributed by atoms with Crippen molar-refractivity contribution in [1.29, 1.82) is 0 Å². The predicted octanol–water partition coefficient (Wildman–Crippen LogP) is 14.8. The first-order chi connectivity index (χ1) is 37.0. The van der Waals surface area contributed by atoms with Crippen LogP contribution in [0.1, 0.15) is 307 Å². The molecule has 0 aliphatic carbocycles. The number of esters is 3. The molecule has 0 aliphatic rings. The van der Waals surface area contributed by atoms with Gasteiger partial charge in [-0.25, -0.2) is 0 Å². The zero-order valence-electron chi connectivity index (χ0n) is 51.4. The fraction of sp³-hybridized carbons (Fsp3) is 0.810. The van der Waals surface area contributed by atoms with Gasteiger partial charge in [0.15, 0.2) is 17.2 Å². The van der Waals surface area contributed by atoms with Crippen LogP contribution in [0.3, 0.4) is 0 Å². The van der Waals surface area contributed by atoms with Gasteiger partial charge in [-0.15, -0.1) is 0 Å². The standard InChI is InChI=1S/C63H111N3O12/c1-13-16-19-22-25-28-31-34-37-40-43-73-55-52(58(70)64-46-49(67)76-61(4,5)6)56(74-44-41-38-35-32-29-26-23-20-17-14-2)54(60(72)66-48-51(69)78-63(10,11)12)57(53(55)59(71)65-47-50(68)77-62(7,8)9)75-45-42-39-36-33-30-27-24-21-18-15-3/h13-48H2,1-12H3,(H,64,70)(H,65,71)(H,66,72). The molecule has 0 saturated heterocycles. The van der Waals surface area contributed by atoms with E-state index in [0.29, 0.717) is 19.3 Å². The summed E-state index contributed by atoms with van der Waals surface area (Å²) in [5, 5.41) is 7.97. The average Bonchev–Trinajstić information content (AvgIpc) is 3.36. The Labute approximate surface area is 473 Å². The van der Waals surface area contributed by atoms with Crippen molar-refractivity contribution in [1.82, 2.24) is 16.0 Å². The second kappa shape index (κ2) is 41.5. The van der Waals surface area contributed by atoms with E-state index in [1.807, 2.05) is 0 Å². The summed E-state index contributed by atoms with van der Waals surface area (Å²) in [6.45, 7) is 20.5. The summed E-state index contributed by atoms with van der Waals surface area (Å²) in [7, 11) is 0. The molecule has 0 unspecified atom stereocenters. The molecule has 450 valence electrons. The highest BCUT2D eigenvalue weighted by molar-refractivity contribution is 6.14. The summed E-state index contributed by atoms with van der Waals surface area (Å²) in [5.74, 6) is -5.56. The maximum absolute atomic E-state index is 15.0. The third-order valence-electron chi connectivity index (χ3n) is 12.7. The van der Waals surface area contributed by atoms with Crippen LogP contribution in [0.15, 0.2) is 0 Å². The van der Waals surface area contributed by atoms with Crippen molar-refractivity contribution in [2.75, 3.05) is 39.5 Å². The summed E-state index contributed by atoms with van der Waals surface area (Å²) in [5.41, 5.74) is -3.56. The number of ether oxygens (including phenoxy) is 6. The molecule has 0 atom stereocenters. The van der Waals surface area contributed by atoms with Crippen LogP contribution in [0.25, 0.3) is 0 Å². The first-order valence-electron chi connectivity index (χ1n) is 30.7. The lowest BCUT2D eigenvalue weighted by Crippen LogP contribution is -2.38. The summed E-state index contributed by atoms with van der Waals surface area (Å²) < 4.78 is 36.5. The molecule has 0 bridgehead atoms. The van der Waals surface area contributed by atoms with Gasteiger partial charge in [-0.2, -0.15) is 0 Å². The first-order valence-corrected chi connectivity index (χ1v) is 30.7. The minimum Gasteiger partial charge on any atom is -0.492 e. The highest BCUT2D eigenvalue weighted by Gasteiger charge is 2.38. The number of benzene rings is 1. The molecule has 15 heteroatoms. The van der Waals surface area contributed by atoms with Gasteiger partial charge in [-0.1, -0.05) is 194 Å². The van der Waals surface area contributed by atoms with E-state index in [2.05, 4.69) is 36.7 Å². The topological polar surface area (TPSA) is 194 Å². The molecule has 1 aromatic carbocycles. The lowest BCUT2D eigenvalue weighted by molar-refractivity contribution is -0.154. The van der Waals surface area contributed by atoms with Gasteiger partial charge in [0.2, 0.25) is 0 Å². The van der Waals surface area contributed by atoms with E-state index in [1.54, 1.807) is 62.3 Å². The molecule has 78 heavy (non-hydrogen) atoms. The Morgan fingerprint density at radius 1 is 0.295 bits per heavy atom. The number of rotatable bonds is 45. The average molecular weight is 1100 g/mol. The molecule has 0 saturated carbocycles. The van der Waals surface area contributed by atoms with Crippen LogP contribution in [0.5, 0.6) is 17.2 Å². The minimum absolute atomic E-state index is 0.0646. The third-order valence-corrected chi connectivity index (χ3v) is 12.7. The largest absolute Gasteiger partial charge is 0.492 e. The number of hydrogen-bond acceptors (Lipinski definition) is 12. The first kappa shape index (κ1) is 71.5. The van der Waals surface area contributed by atoms with E-state index in [1.165, 1.54) is 96.3 Å². The van der Waals surface area contributed by atoms with Crippen molar-refractivity contribution in [2.24, 2.45) is 0 Å². The number of carbonyl (C=O) groups excluding carboxylic acids is 6. The number of carbonyl (C=O) groups is 6. The van der Waals surface area contributed by atoms with Gasteiger partial charge in [0.25, 0.3) is 17.7 Å². The van der Waals surface area contributed by atoms with Gasteiger partial charge in [0, 0.05) is 0 Å². The minimum atomic E-state index is -0.888. The van der Waals surface area contributed by atoms with Gasteiger partial charge < -0.3 is 44.4 Å². The Kier molecular flexibility index (Phi) is 38.0. The fourth-order valence-corrected chi connectivity index (χ4v) is 8.88. The SMILES string of the molecule is CCCCCCCCCCCCOc1c(C(=O)NCC(=O)OC(C)(C)C)c(OCCCCCCCCCCCC)c(C(=O)NCC(=O)OC(C)(C)C)c(OCCCCCCCCCCCC)c1C(=O)NCC(=O)OC(C)(C)C. The summed E-state index contributed by atoms with van der Waals surface area (Å²) in [6.07, 6.45) is 31.8. The van der Waals surface area contributed by atoms with Crippen LogP contribution in [0.4, 0.5) is 0 Å². The van der Waals surface area contributed by atoms with Crippen LogP contribution >= 0.6 is 0 Å². The van der Waals surface area contributed by atoms with Crippen molar-refractivity contribution < 1.29 is 57.2 Å². The zero-order chi connectivity index (χ0) is 58.2. The second-order valence-electron chi connectivity index (χ2n) is 24.0. The quantitative estimate of drug-likeness (QED) is 0.0318. The molecule has 0 radical (unpaired) electrons. The number of hydrogen-bond donors (Lipinski definition) is 3. The van der Waals surface area contributed by atoms with Crippen LogP contribution in [-0.4, -0.2) is 91.9 Å². The monoisotopic (exact) mass is 1100 g/mol. The van der Waals surface area contributed by atoms with Crippen LogP contribution in [0, 0.1) is 0 Å². The zero-order valence-corrected chi connectivity index (χ0v) is 51.4. The molecule has 0 fully saturated rings. The van der Waals surface area contributed by atoms with Crippen molar-refractivity contribution in [3.05, 3.63) is 16.7 Å². The molecule has 15 nitrogen and oxygen atoms in total. The van der Waals surface area contributed by atoms with Gasteiger partial charge in [-0.05, 0) is 81.6 Å². The molecule has 3 N–H and O–H groups in total. The molecular weight excluding hydrogens is 991 g/mol. The van der Waals surface area contributed by atoms with E-state index in [4.69, 9.17) is 28.4 Å². The third kappa shape index (κ3) is 35.1. The van der Waals surface area contributed by atoms with Crippen molar-refractivity contribution in [3.8, 4) is 17.2 Å². The fourth-order valence-electron chi connectivity index (χ4n) is 8.88. The van der Waals surface area contributed by atoms with E-state index in [0.717, 1.165) is 77.0 Å². The van der Waals surface area contributed by atoms with Gasteiger partial charge >= 0.3 is 17.9 Å². The Bertz CT molecular complexity index is 1630. The van der Waals surface area contributed by atoms with E-state index in [-0.39, 0.29) is 53.8 Å². The predicted molar refractivity (Wildman–Crippen MR) is 313 cm³/mol. The molecule has 1 aromatic rings. The van der Waals surface area contributed by atoms with E-state index < -0.39 is 72.1 Å². The number of unbranched alkanes of at least 4 members (excludes halogenated alkanes) is 27. The van der Waals surface area contributed by atoms with Gasteiger partial charge in [0.1, 0.15) is 53.1 Å². The molecule has 3 amide bonds. The maximum Gasteiger partial charge on any atom is 0.325 e. The summed E-state index contributed by atoms with van der Waals surface area (Å²) >= 11 is 0. The number of nitrogens with one attached hydrogen (secondary N) is 3. The summed E-state index contributed by atoms with van der Waals surface area (Å²) in [4.78, 5) is 84.5. The number of amides is 3. The molecule has 0 spiro atoms. The summed E-state index contributed by atoms with van der Waals surface area (Å²) in [6, 6.07) is 0. The van der Waals surface area contributed by atoms with Crippen LogP contribution in [0.2, 0.25) is 0 Å². The molecule has 0 aliphatic heterocycles. The van der Waals surface area contributed by atoms with Crippen molar-refractivity contribution >= 4 is 35.6 Å². The molecular formula is C63H111N3O12. The van der Waals surface area contributed by atoms with E-state index in [9.17, 15) is 28.8 Å². The molecule has 0 heterocycles. The molecule has 0 aromatic heterocycles. The van der Waals surface area contributed by atoms with Crippen molar-refractivity contribution in [3.63, 3.8) is 0 Å². The molecule has 1 rings (SSSR count). The highest BCUT2D eigenvalue weighted by atomic mass is 16.6. The Hall–Kier alpha value is -4.56. The maximum atomic E-state index is 15.0. The second-order valence-corrected chi connectivity index (χ2v) is 24.0. The Morgan fingerprint density at radius 2 is 0.474 bits per heavy atom. The Balaban J connectivity index is 4.15. The lowest BCUT2D eigenvalue weighted by Gasteiger charge is -2.26. The van der Waals surface area contributed by atoms with Crippen LogP contribution in [-0.2, 0) is 28.6 Å². The van der Waals surface area contributed by atoms with E-state index >= 15 is 0 Å². The Morgan fingerprint density at radius 3 is 0.654 bits per heavy atom. The smallest absolute Gasteiger partial charge is 0.325 e. The van der Waals surface area contributed by atoms with Crippen molar-refractivity contribution in [2.45, 2.75) is 293 Å². The lowest BCUT2D eigenvalue weighted by atomic mass is 9.97. The normalized spacial score (nSPS) is 11.7. The van der Waals surface area contributed by atoms with Gasteiger partial charge in [-0.3, -0.25) is 28.8 Å². The van der Waals surface area contributed by atoms with Gasteiger partial charge in [0.05, 0.1) is 19.8 Å². The van der Waals surface area contributed by atoms with Crippen LogP contribution < -0.4 is 30.2 Å². The highest BCUT2D eigenvalue weighted by Crippen LogP contribution is 2.45.